The second kappa shape index (κ2) is 8.22. The molecule has 0 radical (unpaired) electrons. The van der Waals surface area contributed by atoms with Crippen LogP contribution in [-0.2, 0) is 14.8 Å². The Hall–Kier alpha value is -2.67. The van der Waals surface area contributed by atoms with E-state index in [1.54, 1.807) is 29.0 Å². The molecule has 156 valence electrons. The molecular weight excluding hydrogens is 448 g/mol. The Morgan fingerprint density at radius 2 is 2.00 bits per heavy atom. The number of rotatable bonds is 6. The number of hydrogen-bond acceptors (Lipinski definition) is 8. The molecule has 30 heavy (non-hydrogen) atoms. The first-order valence-electron chi connectivity index (χ1n) is 8.93. The first kappa shape index (κ1) is 20.6. The van der Waals surface area contributed by atoms with E-state index < -0.39 is 26.9 Å². The summed E-state index contributed by atoms with van der Waals surface area (Å²) in [4.78, 5) is 27.4. The summed E-state index contributed by atoms with van der Waals surface area (Å²) in [7, 11) is -3.71. The lowest BCUT2D eigenvalue weighted by atomic mass is 10.1. The van der Waals surface area contributed by atoms with E-state index in [2.05, 4.69) is 10.3 Å². The van der Waals surface area contributed by atoms with Crippen LogP contribution in [0.25, 0.3) is 11.3 Å². The average molecular weight is 465 g/mol. The summed E-state index contributed by atoms with van der Waals surface area (Å²) in [6.45, 7) is 0.296. The maximum atomic E-state index is 12.8. The van der Waals surface area contributed by atoms with E-state index in [4.69, 9.17) is 0 Å². The minimum atomic E-state index is -3.71. The molecule has 1 aliphatic rings. The number of nitrogens with one attached hydrogen (secondary N) is 1. The maximum absolute atomic E-state index is 12.8. The molecule has 1 amide bonds. The van der Waals surface area contributed by atoms with Crippen LogP contribution >= 0.6 is 22.7 Å². The molecule has 2 aromatic heterocycles. The van der Waals surface area contributed by atoms with Gasteiger partial charge in [0.05, 0.1) is 10.6 Å². The van der Waals surface area contributed by atoms with Crippen LogP contribution in [0.15, 0.2) is 51.4 Å². The molecule has 0 saturated carbocycles. The second-order valence-corrected chi connectivity index (χ2v) is 10.5. The Bertz CT molecular complexity index is 1170. The average Bonchev–Trinajstić information content (AvgIpc) is 3.49. The summed E-state index contributed by atoms with van der Waals surface area (Å²) < 4.78 is 27.1. The van der Waals surface area contributed by atoms with E-state index in [9.17, 15) is 23.3 Å². The molecule has 0 unspecified atom stereocenters. The lowest BCUT2D eigenvalue weighted by Crippen LogP contribution is -2.42. The standard InChI is InChI=1S/C18H16N4O5S3/c23-17(15-3-1-9-21(15)30(26,27)16-4-2-10-28-16)20-18-19-14(11-29-18)12-5-7-13(8-6-12)22(24)25/h2,4-8,10-11,15H,1,3,9H2,(H,19,20,23)/t15-/m0/s1. The van der Waals surface area contributed by atoms with Crippen molar-refractivity contribution in [2.24, 2.45) is 0 Å². The van der Waals surface area contributed by atoms with Crippen molar-refractivity contribution in [2.45, 2.75) is 23.1 Å². The summed E-state index contributed by atoms with van der Waals surface area (Å²) in [5, 5.41) is 17.2. The van der Waals surface area contributed by atoms with Gasteiger partial charge in [-0.15, -0.1) is 22.7 Å². The fraction of sp³-hybridized carbons (Fsp3) is 0.222. The quantitative estimate of drug-likeness (QED) is 0.439. The number of thiazole rings is 1. The number of carbonyl (C=O) groups is 1. The third-order valence-corrected chi connectivity index (χ3v) is 8.71. The summed E-state index contributed by atoms with van der Waals surface area (Å²) >= 11 is 2.33. The molecule has 0 spiro atoms. The molecule has 3 aromatic rings. The number of nitro benzene ring substituents is 1. The Kier molecular flexibility index (Phi) is 5.64. The minimum absolute atomic E-state index is 0.0178. The van der Waals surface area contributed by atoms with Gasteiger partial charge >= 0.3 is 0 Å². The molecule has 4 rings (SSSR count). The number of carbonyl (C=O) groups excluding carboxylic acids is 1. The molecule has 3 heterocycles. The molecule has 1 saturated heterocycles. The summed E-state index contributed by atoms with van der Waals surface area (Å²) in [6, 6.07) is 8.36. The van der Waals surface area contributed by atoms with Crippen molar-refractivity contribution in [3.05, 3.63) is 57.3 Å². The van der Waals surface area contributed by atoms with Crippen LogP contribution in [0.5, 0.6) is 0 Å². The van der Waals surface area contributed by atoms with Gasteiger partial charge in [0.15, 0.2) is 5.13 Å². The maximum Gasteiger partial charge on any atom is 0.269 e. The number of sulfonamides is 1. The van der Waals surface area contributed by atoms with Crippen LogP contribution in [0.3, 0.4) is 0 Å². The number of thiophene rings is 1. The fourth-order valence-electron chi connectivity index (χ4n) is 3.22. The topological polar surface area (TPSA) is 123 Å². The van der Waals surface area contributed by atoms with Gasteiger partial charge in [-0.2, -0.15) is 4.31 Å². The molecule has 0 bridgehead atoms. The number of amides is 1. The molecule has 0 aliphatic carbocycles. The normalized spacial score (nSPS) is 17.1. The zero-order chi connectivity index (χ0) is 21.3. The highest BCUT2D eigenvalue weighted by Gasteiger charge is 2.40. The SMILES string of the molecule is O=C(Nc1nc(-c2ccc([N+](=O)[O-])cc2)cs1)[C@@H]1CCCN1S(=O)(=O)c1cccs1. The highest BCUT2D eigenvalue weighted by atomic mass is 32.2. The van der Waals surface area contributed by atoms with Crippen LogP contribution < -0.4 is 5.32 Å². The van der Waals surface area contributed by atoms with E-state index in [-0.39, 0.29) is 9.90 Å². The van der Waals surface area contributed by atoms with Gasteiger partial charge < -0.3 is 5.32 Å². The fourth-order valence-corrected chi connectivity index (χ4v) is 6.72. The van der Waals surface area contributed by atoms with Gasteiger partial charge in [0.2, 0.25) is 5.91 Å². The largest absolute Gasteiger partial charge is 0.301 e. The van der Waals surface area contributed by atoms with Gasteiger partial charge in [0.1, 0.15) is 10.3 Å². The van der Waals surface area contributed by atoms with Gasteiger partial charge in [-0.3, -0.25) is 14.9 Å². The van der Waals surface area contributed by atoms with Crippen molar-refractivity contribution in [3.63, 3.8) is 0 Å². The molecule has 1 atom stereocenters. The van der Waals surface area contributed by atoms with Crippen LogP contribution in [0.2, 0.25) is 0 Å². The number of nitro groups is 1. The zero-order valence-electron chi connectivity index (χ0n) is 15.4. The molecular formula is C18H16N4O5S3. The van der Waals surface area contributed by atoms with Gasteiger partial charge in [0, 0.05) is 29.6 Å². The molecule has 12 heteroatoms. The Morgan fingerprint density at radius 3 is 2.67 bits per heavy atom. The van der Waals surface area contributed by atoms with Crippen LogP contribution in [0.1, 0.15) is 12.8 Å². The predicted molar refractivity (Wildman–Crippen MR) is 114 cm³/mol. The van der Waals surface area contributed by atoms with Crippen molar-refractivity contribution < 1.29 is 18.1 Å². The first-order valence-corrected chi connectivity index (χ1v) is 12.1. The van der Waals surface area contributed by atoms with Crippen molar-refractivity contribution >= 4 is 49.4 Å². The van der Waals surface area contributed by atoms with Gasteiger partial charge in [-0.25, -0.2) is 13.4 Å². The van der Waals surface area contributed by atoms with Crippen LogP contribution in [-0.4, -0.2) is 41.1 Å². The third kappa shape index (κ3) is 3.99. The van der Waals surface area contributed by atoms with Crippen molar-refractivity contribution in [1.29, 1.82) is 0 Å². The van der Waals surface area contributed by atoms with E-state index in [1.165, 1.54) is 33.8 Å². The second-order valence-electron chi connectivity index (χ2n) is 6.54. The Morgan fingerprint density at radius 1 is 1.23 bits per heavy atom. The number of non-ortho nitro benzene ring substituents is 1. The lowest BCUT2D eigenvalue weighted by molar-refractivity contribution is -0.384. The summed E-state index contributed by atoms with van der Waals surface area (Å²) in [6.07, 6.45) is 1.05. The zero-order valence-corrected chi connectivity index (χ0v) is 17.9. The number of hydrogen-bond donors (Lipinski definition) is 1. The molecule has 1 N–H and O–H groups in total. The molecule has 9 nitrogen and oxygen atoms in total. The number of nitrogens with zero attached hydrogens (tertiary/aromatic N) is 3. The third-order valence-electron chi connectivity index (χ3n) is 4.67. The van der Waals surface area contributed by atoms with Crippen molar-refractivity contribution in [3.8, 4) is 11.3 Å². The number of aromatic nitrogens is 1. The first-order chi connectivity index (χ1) is 14.4. The van der Waals surface area contributed by atoms with Gasteiger partial charge in [-0.1, -0.05) is 6.07 Å². The molecule has 1 fully saturated rings. The van der Waals surface area contributed by atoms with Crippen LogP contribution in [0.4, 0.5) is 10.8 Å². The van der Waals surface area contributed by atoms with E-state index in [0.29, 0.717) is 35.8 Å². The number of benzene rings is 1. The van der Waals surface area contributed by atoms with E-state index in [0.717, 1.165) is 11.3 Å². The highest BCUT2D eigenvalue weighted by Crippen LogP contribution is 2.30. The Balaban J connectivity index is 1.48. The van der Waals surface area contributed by atoms with E-state index >= 15 is 0 Å². The van der Waals surface area contributed by atoms with Gasteiger partial charge in [0.25, 0.3) is 15.7 Å². The monoisotopic (exact) mass is 464 g/mol. The van der Waals surface area contributed by atoms with E-state index in [1.807, 2.05) is 0 Å². The summed E-state index contributed by atoms with van der Waals surface area (Å²) in [5.41, 5.74) is 1.23. The number of anilines is 1. The van der Waals surface area contributed by atoms with Crippen LogP contribution in [0, 0.1) is 10.1 Å². The predicted octanol–water partition coefficient (Wildman–Crippen LogP) is 3.57. The van der Waals surface area contributed by atoms with Crippen molar-refractivity contribution in [1.82, 2.24) is 9.29 Å². The lowest BCUT2D eigenvalue weighted by Gasteiger charge is -2.22. The van der Waals surface area contributed by atoms with Crippen molar-refractivity contribution in [2.75, 3.05) is 11.9 Å². The highest BCUT2D eigenvalue weighted by molar-refractivity contribution is 7.91. The minimum Gasteiger partial charge on any atom is -0.301 e. The molecule has 1 aromatic carbocycles. The molecule has 1 aliphatic heterocycles. The van der Waals surface area contributed by atoms with Gasteiger partial charge in [-0.05, 0) is 36.4 Å². The summed E-state index contributed by atoms with van der Waals surface area (Å²) in [5.74, 6) is -0.419. The Labute approximate surface area is 180 Å². The smallest absolute Gasteiger partial charge is 0.269 e.